The molecule has 1 aliphatic heterocycles. The predicted octanol–water partition coefficient (Wildman–Crippen LogP) is 7.13. The maximum Gasteiger partial charge on any atom is 0.231 e. The number of halogens is 1. The normalized spacial score (nSPS) is 13.2. The van der Waals surface area contributed by atoms with Crippen molar-refractivity contribution in [2.45, 2.75) is 59.1 Å². The van der Waals surface area contributed by atoms with Gasteiger partial charge in [0.15, 0.2) is 17.3 Å². The van der Waals surface area contributed by atoms with E-state index in [2.05, 4.69) is 6.07 Å². The summed E-state index contributed by atoms with van der Waals surface area (Å²) >= 11 is 5.54. The van der Waals surface area contributed by atoms with Crippen LogP contribution in [0, 0.1) is 17.2 Å². The van der Waals surface area contributed by atoms with Gasteiger partial charge in [-0.25, -0.2) is 0 Å². The summed E-state index contributed by atoms with van der Waals surface area (Å²) in [5.74, 6) is 0.602. The first-order chi connectivity index (χ1) is 18.6. The number of methoxy groups -OCH3 is 1. The summed E-state index contributed by atoms with van der Waals surface area (Å²) < 4.78 is 11.3. The minimum Gasteiger partial charge on any atom is -0.493 e. The maximum absolute atomic E-state index is 12.9. The third-order valence-corrected chi connectivity index (χ3v) is 6.40. The van der Waals surface area contributed by atoms with E-state index in [0.29, 0.717) is 30.0 Å². The Kier molecular flexibility index (Phi) is 10.5. The zero-order valence-corrected chi connectivity index (χ0v) is 23.9. The lowest BCUT2D eigenvalue weighted by molar-refractivity contribution is -0.120. The van der Waals surface area contributed by atoms with Crippen molar-refractivity contribution in [2.75, 3.05) is 12.0 Å². The first kappa shape index (κ1) is 29.7. The van der Waals surface area contributed by atoms with Gasteiger partial charge in [-0.1, -0.05) is 55.8 Å². The number of fused-ring (bicyclic) bond motifs is 1. The van der Waals surface area contributed by atoms with E-state index >= 15 is 0 Å². The Balaban J connectivity index is 0.000000520. The van der Waals surface area contributed by atoms with E-state index in [9.17, 15) is 14.9 Å². The molecular formula is C32H35ClN2O4. The highest BCUT2D eigenvalue weighted by atomic mass is 35.5. The smallest absolute Gasteiger partial charge is 0.231 e. The first-order valence-corrected chi connectivity index (χ1v) is 13.4. The summed E-state index contributed by atoms with van der Waals surface area (Å²) in [5.41, 5.74) is 3.33. The van der Waals surface area contributed by atoms with E-state index in [4.69, 9.17) is 21.1 Å². The Hall–Kier alpha value is -3.82. The van der Waals surface area contributed by atoms with Gasteiger partial charge in [0.2, 0.25) is 5.91 Å². The van der Waals surface area contributed by atoms with Crippen molar-refractivity contribution < 1.29 is 19.1 Å². The summed E-state index contributed by atoms with van der Waals surface area (Å²) in [6, 6.07) is 22.5. The van der Waals surface area contributed by atoms with Crippen LogP contribution in [-0.4, -0.2) is 24.9 Å². The third kappa shape index (κ3) is 8.08. The largest absolute Gasteiger partial charge is 0.493 e. The van der Waals surface area contributed by atoms with Gasteiger partial charge < -0.3 is 14.4 Å². The molecule has 1 aliphatic rings. The highest BCUT2D eigenvalue weighted by Crippen LogP contribution is 2.36. The molecule has 3 aromatic rings. The van der Waals surface area contributed by atoms with Crippen molar-refractivity contribution in [3.63, 3.8) is 0 Å². The van der Waals surface area contributed by atoms with Crippen molar-refractivity contribution in [3.8, 4) is 17.6 Å². The number of carbonyl (C=O) groups is 2. The molecule has 4 rings (SSSR count). The second-order valence-electron chi connectivity index (χ2n) is 10.1. The van der Waals surface area contributed by atoms with Crippen molar-refractivity contribution in [1.82, 2.24) is 0 Å². The van der Waals surface area contributed by atoms with E-state index in [1.165, 1.54) is 0 Å². The molecule has 0 saturated carbocycles. The van der Waals surface area contributed by atoms with Crippen LogP contribution in [-0.2, 0) is 22.6 Å². The molecule has 6 nitrogen and oxygen atoms in total. The zero-order valence-electron chi connectivity index (χ0n) is 23.1. The molecular weight excluding hydrogens is 512 g/mol. The van der Waals surface area contributed by atoms with Gasteiger partial charge in [-0.15, -0.1) is 0 Å². The van der Waals surface area contributed by atoms with Gasteiger partial charge in [0.25, 0.3) is 0 Å². The standard InChI is InChI=1S/C26H30N2O4.C6H5Cl/c1-16(2)10-23(29)22(14-27)18-6-8-21(9-7-18)28-15-20-12-25(32-17(3)4)24(31-5)11-19(20)13-26(28)30;7-6-4-2-1-3-5-6/h6-9,11-12,16-17,22H,10,13,15H2,1-5H3;1-5H. The molecule has 204 valence electrons. The Morgan fingerprint density at radius 2 is 1.64 bits per heavy atom. The molecule has 0 spiro atoms. The number of hydrogen-bond donors (Lipinski definition) is 0. The van der Waals surface area contributed by atoms with Crippen molar-refractivity contribution in [1.29, 1.82) is 5.26 Å². The first-order valence-electron chi connectivity index (χ1n) is 13.0. The molecule has 0 N–H and O–H groups in total. The Bertz CT molecular complexity index is 1310. The van der Waals surface area contributed by atoms with E-state index in [-0.39, 0.29) is 30.1 Å². The quantitative estimate of drug-likeness (QED) is 0.300. The Morgan fingerprint density at radius 1 is 1.00 bits per heavy atom. The van der Waals surface area contributed by atoms with Gasteiger partial charge in [0.05, 0.1) is 32.2 Å². The van der Waals surface area contributed by atoms with Crippen LogP contribution in [0.15, 0.2) is 66.7 Å². The number of hydrogen-bond acceptors (Lipinski definition) is 5. The van der Waals surface area contributed by atoms with Gasteiger partial charge in [-0.3, -0.25) is 9.59 Å². The second kappa shape index (κ2) is 13.8. The lowest BCUT2D eigenvalue weighted by atomic mass is 9.91. The average molecular weight is 547 g/mol. The molecule has 0 saturated heterocycles. The number of ketones is 1. The number of rotatable bonds is 8. The Morgan fingerprint density at radius 3 is 2.15 bits per heavy atom. The number of ether oxygens (including phenoxy) is 2. The molecule has 1 amide bonds. The number of anilines is 1. The second-order valence-corrected chi connectivity index (χ2v) is 10.5. The summed E-state index contributed by atoms with van der Waals surface area (Å²) in [4.78, 5) is 27.0. The third-order valence-electron chi connectivity index (χ3n) is 6.15. The fourth-order valence-electron chi connectivity index (χ4n) is 4.33. The summed E-state index contributed by atoms with van der Waals surface area (Å²) in [6.45, 7) is 8.25. The molecule has 0 aromatic heterocycles. The van der Waals surface area contributed by atoms with Crippen LogP contribution in [0.1, 0.15) is 56.7 Å². The minimum absolute atomic E-state index is 0.00214. The number of benzene rings is 3. The molecule has 0 bridgehead atoms. The average Bonchev–Trinajstić information content (AvgIpc) is 2.89. The molecule has 0 aliphatic carbocycles. The van der Waals surface area contributed by atoms with E-state index in [0.717, 1.165) is 21.8 Å². The van der Waals surface area contributed by atoms with E-state index < -0.39 is 5.92 Å². The fourth-order valence-corrected chi connectivity index (χ4v) is 4.47. The van der Waals surface area contributed by atoms with Gasteiger partial charge in [-0.2, -0.15) is 5.26 Å². The monoisotopic (exact) mass is 546 g/mol. The lowest BCUT2D eigenvalue weighted by Gasteiger charge is -2.30. The van der Waals surface area contributed by atoms with Crippen molar-refractivity contribution >= 4 is 29.0 Å². The van der Waals surface area contributed by atoms with Gasteiger partial charge in [-0.05, 0) is 72.9 Å². The van der Waals surface area contributed by atoms with E-state index in [1.807, 2.05) is 70.2 Å². The molecule has 0 fully saturated rings. The maximum atomic E-state index is 12.9. The summed E-state index contributed by atoms with van der Waals surface area (Å²) in [6.07, 6.45) is 0.636. The number of nitrogens with zero attached hydrogens (tertiary/aromatic N) is 2. The lowest BCUT2D eigenvalue weighted by Crippen LogP contribution is -2.36. The topological polar surface area (TPSA) is 79.6 Å². The molecule has 39 heavy (non-hydrogen) atoms. The molecule has 3 aromatic carbocycles. The molecule has 7 heteroatoms. The van der Waals surface area contributed by atoms with E-state index in [1.54, 1.807) is 36.3 Å². The summed E-state index contributed by atoms with van der Waals surface area (Å²) in [5, 5.41) is 10.3. The molecule has 1 unspecified atom stereocenters. The van der Waals surface area contributed by atoms with Crippen LogP contribution in [0.4, 0.5) is 5.69 Å². The van der Waals surface area contributed by atoms with Crippen LogP contribution >= 0.6 is 11.6 Å². The predicted molar refractivity (Wildman–Crippen MR) is 154 cm³/mol. The number of carbonyl (C=O) groups excluding carboxylic acids is 2. The van der Waals surface area contributed by atoms with Gasteiger partial charge in [0.1, 0.15) is 5.92 Å². The SMILES string of the molecule is COc1cc2c(cc1OC(C)C)CN(c1ccc(C(C#N)C(=O)CC(C)C)cc1)C(=O)C2.Clc1ccccc1. The van der Waals surface area contributed by atoms with Crippen LogP contribution in [0.25, 0.3) is 0 Å². The summed E-state index contributed by atoms with van der Waals surface area (Å²) in [7, 11) is 1.59. The van der Waals surface area contributed by atoms with Crippen molar-refractivity contribution in [3.05, 3.63) is 88.4 Å². The fraction of sp³-hybridized carbons (Fsp3) is 0.344. The van der Waals surface area contributed by atoms with Crippen LogP contribution < -0.4 is 14.4 Å². The van der Waals surface area contributed by atoms with Crippen LogP contribution in [0.2, 0.25) is 5.02 Å². The van der Waals surface area contributed by atoms with Crippen LogP contribution in [0.3, 0.4) is 0 Å². The van der Waals surface area contributed by atoms with Gasteiger partial charge >= 0.3 is 0 Å². The highest BCUT2D eigenvalue weighted by molar-refractivity contribution is 6.30. The van der Waals surface area contributed by atoms with Crippen LogP contribution in [0.5, 0.6) is 11.5 Å². The van der Waals surface area contributed by atoms with Gasteiger partial charge in [0, 0.05) is 17.1 Å². The number of nitriles is 1. The van der Waals surface area contributed by atoms with Crippen molar-refractivity contribution in [2.24, 2.45) is 5.92 Å². The highest BCUT2D eigenvalue weighted by Gasteiger charge is 2.27. The Labute approximate surface area is 236 Å². The molecule has 0 radical (unpaired) electrons. The number of amides is 1. The molecule has 1 heterocycles. The number of Topliss-reactive ketones (excluding diaryl/α,β-unsaturated/α-hetero) is 1. The molecule has 1 atom stereocenters. The zero-order chi connectivity index (χ0) is 28.5. The minimum atomic E-state index is -0.785.